The van der Waals surface area contributed by atoms with Crippen LogP contribution in [0, 0.1) is 6.92 Å². The summed E-state index contributed by atoms with van der Waals surface area (Å²) in [5.41, 5.74) is 5.65. The Bertz CT molecular complexity index is 1690. The van der Waals surface area contributed by atoms with Gasteiger partial charge in [0.2, 0.25) is 5.91 Å². The molecule has 9 nitrogen and oxygen atoms in total. The fourth-order valence-electron chi connectivity index (χ4n) is 5.13. The summed E-state index contributed by atoms with van der Waals surface area (Å²) >= 11 is 0. The lowest BCUT2D eigenvalue weighted by molar-refractivity contribution is -0.133. The number of pyridine rings is 1. The van der Waals surface area contributed by atoms with Gasteiger partial charge in [-0.1, -0.05) is 36.4 Å². The van der Waals surface area contributed by atoms with Crippen LogP contribution in [0.5, 0.6) is 0 Å². The van der Waals surface area contributed by atoms with Crippen LogP contribution in [-0.2, 0) is 18.4 Å². The first-order valence-corrected chi connectivity index (χ1v) is 12.5. The van der Waals surface area contributed by atoms with Crippen LogP contribution in [0.15, 0.2) is 65.7 Å². The molecule has 0 atom stereocenters. The van der Waals surface area contributed by atoms with Gasteiger partial charge in [0.25, 0.3) is 0 Å². The van der Waals surface area contributed by atoms with Crippen molar-refractivity contribution in [1.82, 2.24) is 33.7 Å². The number of aromatic nitrogens is 5. The minimum atomic E-state index is -0.178. The SMILES string of the molecule is Cc1nn(CC(=O)N2CCN(C)CC2)cc1-n1c(=O)n(C)c2cnc3ccc(-c4ccccc4)cc3c21. The van der Waals surface area contributed by atoms with Gasteiger partial charge in [-0.25, -0.2) is 4.79 Å². The Morgan fingerprint density at radius 1 is 0.973 bits per heavy atom. The van der Waals surface area contributed by atoms with E-state index in [0.29, 0.717) is 24.5 Å². The van der Waals surface area contributed by atoms with Gasteiger partial charge in [0.15, 0.2) is 0 Å². The number of likely N-dealkylation sites (N-methyl/N-ethyl adjacent to an activating group) is 1. The molecule has 0 saturated carbocycles. The average Bonchev–Trinajstić information content (AvgIpc) is 3.39. The molecule has 5 aromatic rings. The maximum Gasteiger partial charge on any atom is 0.333 e. The van der Waals surface area contributed by atoms with E-state index in [1.165, 1.54) is 0 Å². The summed E-state index contributed by atoms with van der Waals surface area (Å²) in [5.74, 6) is 0.0366. The van der Waals surface area contributed by atoms with Gasteiger partial charge in [-0.2, -0.15) is 5.10 Å². The standard InChI is InChI=1S/C28H29N7O2/c1-19-25(17-34(30-19)18-26(36)33-13-11-31(2)12-14-33)35-27-22-15-21(20-7-5-4-6-8-20)9-10-23(22)29-16-24(27)32(3)28(35)37/h4-10,15-17H,11-14,18H2,1-3H3. The summed E-state index contributed by atoms with van der Waals surface area (Å²) in [7, 11) is 3.82. The van der Waals surface area contributed by atoms with Crippen molar-refractivity contribution < 1.29 is 4.79 Å². The number of amides is 1. The number of carbonyl (C=O) groups is 1. The number of aryl methyl sites for hydroxylation is 2. The first-order valence-electron chi connectivity index (χ1n) is 12.5. The van der Waals surface area contributed by atoms with Crippen LogP contribution in [0.3, 0.4) is 0 Å². The zero-order valence-corrected chi connectivity index (χ0v) is 21.3. The Labute approximate surface area is 214 Å². The Balaban J connectivity index is 1.46. The Kier molecular flexibility index (Phi) is 5.64. The zero-order chi connectivity index (χ0) is 25.7. The molecule has 0 unspecified atom stereocenters. The number of imidazole rings is 1. The summed E-state index contributed by atoms with van der Waals surface area (Å²) in [6, 6.07) is 16.3. The first-order chi connectivity index (χ1) is 17.9. The highest BCUT2D eigenvalue weighted by atomic mass is 16.2. The minimum absolute atomic E-state index is 0.0366. The van der Waals surface area contributed by atoms with Crippen molar-refractivity contribution in [2.45, 2.75) is 13.5 Å². The third-order valence-corrected chi connectivity index (χ3v) is 7.31. The lowest BCUT2D eigenvalue weighted by Crippen LogP contribution is -2.48. The number of benzene rings is 2. The fraction of sp³-hybridized carbons (Fsp3) is 0.286. The van der Waals surface area contributed by atoms with Crippen molar-refractivity contribution in [3.8, 4) is 16.8 Å². The van der Waals surface area contributed by atoms with Gasteiger partial charge < -0.3 is 9.80 Å². The largest absolute Gasteiger partial charge is 0.339 e. The third-order valence-electron chi connectivity index (χ3n) is 7.31. The normalized spacial score (nSPS) is 14.6. The van der Waals surface area contributed by atoms with Crippen LogP contribution in [0.4, 0.5) is 0 Å². The van der Waals surface area contributed by atoms with Gasteiger partial charge in [-0.3, -0.25) is 23.6 Å². The van der Waals surface area contributed by atoms with Crippen molar-refractivity contribution in [2.24, 2.45) is 7.05 Å². The van der Waals surface area contributed by atoms with E-state index >= 15 is 0 Å². The van der Waals surface area contributed by atoms with Crippen LogP contribution >= 0.6 is 0 Å². The van der Waals surface area contributed by atoms with Gasteiger partial charge in [0, 0.05) is 38.6 Å². The van der Waals surface area contributed by atoms with E-state index in [0.717, 1.165) is 46.2 Å². The second-order valence-electron chi connectivity index (χ2n) is 9.75. The summed E-state index contributed by atoms with van der Waals surface area (Å²) in [6.45, 7) is 5.18. The molecule has 0 radical (unpaired) electrons. The Morgan fingerprint density at radius 3 is 2.49 bits per heavy atom. The molecule has 1 amide bonds. The first kappa shape index (κ1) is 23.2. The van der Waals surface area contributed by atoms with Crippen LogP contribution in [-0.4, -0.2) is 72.8 Å². The van der Waals surface area contributed by atoms with Crippen molar-refractivity contribution in [2.75, 3.05) is 33.2 Å². The third kappa shape index (κ3) is 4.01. The molecule has 0 aliphatic carbocycles. The number of hydrogen-bond acceptors (Lipinski definition) is 5. The molecule has 1 fully saturated rings. The highest BCUT2D eigenvalue weighted by molar-refractivity contribution is 6.04. The number of piperazine rings is 1. The van der Waals surface area contributed by atoms with Crippen molar-refractivity contribution in [1.29, 1.82) is 0 Å². The molecule has 188 valence electrons. The fourth-order valence-corrected chi connectivity index (χ4v) is 5.13. The van der Waals surface area contributed by atoms with Crippen LogP contribution in [0.2, 0.25) is 0 Å². The highest BCUT2D eigenvalue weighted by Crippen LogP contribution is 2.30. The molecule has 1 aliphatic rings. The molecule has 4 heterocycles. The van der Waals surface area contributed by atoms with Crippen LogP contribution < -0.4 is 5.69 Å². The van der Waals surface area contributed by atoms with Gasteiger partial charge in [-0.05, 0) is 37.2 Å². The monoisotopic (exact) mass is 495 g/mol. The van der Waals surface area contributed by atoms with Gasteiger partial charge in [0.1, 0.15) is 6.54 Å². The summed E-state index contributed by atoms with van der Waals surface area (Å²) < 4.78 is 4.96. The highest BCUT2D eigenvalue weighted by Gasteiger charge is 2.22. The average molecular weight is 496 g/mol. The predicted octanol–water partition coefficient (Wildman–Crippen LogP) is 2.82. The van der Waals surface area contributed by atoms with E-state index in [-0.39, 0.29) is 18.1 Å². The minimum Gasteiger partial charge on any atom is -0.339 e. The van der Waals surface area contributed by atoms with Gasteiger partial charge in [-0.15, -0.1) is 0 Å². The van der Waals surface area contributed by atoms with Gasteiger partial charge in [0.05, 0.1) is 40.3 Å². The molecule has 9 heteroatoms. The van der Waals surface area contributed by atoms with Gasteiger partial charge >= 0.3 is 5.69 Å². The summed E-state index contributed by atoms with van der Waals surface area (Å²) in [4.78, 5) is 35.2. The van der Waals surface area contributed by atoms with E-state index in [9.17, 15) is 9.59 Å². The number of hydrogen-bond donors (Lipinski definition) is 0. The molecule has 1 aliphatic heterocycles. The van der Waals surface area contributed by atoms with Crippen molar-refractivity contribution in [3.05, 3.63) is 77.1 Å². The molecular weight excluding hydrogens is 466 g/mol. The molecule has 0 bridgehead atoms. The number of carbonyl (C=O) groups excluding carboxylic acids is 1. The predicted molar refractivity (Wildman–Crippen MR) is 144 cm³/mol. The van der Waals surface area contributed by atoms with E-state index in [1.54, 1.807) is 33.3 Å². The second-order valence-corrected chi connectivity index (χ2v) is 9.75. The molecule has 0 spiro atoms. The lowest BCUT2D eigenvalue weighted by Gasteiger charge is -2.32. The molecule has 6 rings (SSSR count). The van der Waals surface area contributed by atoms with E-state index in [1.807, 2.05) is 36.1 Å². The Hall–Kier alpha value is -4.24. The molecule has 0 N–H and O–H groups in total. The number of fused-ring (bicyclic) bond motifs is 3. The number of nitrogens with zero attached hydrogens (tertiary/aromatic N) is 7. The Morgan fingerprint density at radius 2 is 1.73 bits per heavy atom. The van der Waals surface area contributed by atoms with Crippen molar-refractivity contribution in [3.63, 3.8) is 0 Å². The summed E-state index contributed by atoms with van der Waals surface area (Å²) in [5, 5.41) is 5.50. The molecule has 3 aromatic heterocycles. The quantitative estimate of drug-likeness (QED) is 0.383. The van der Waals surface area contributed by atoms with E-state index in [2.05, 4.69) is 46.3 Å². The zero-order valence-electron chi connectivity index (χ0n) is 21.3. The summed E-state index contributed by atoms with van der Waals surface area (Å²) in [6.07, 6.45) is 3.55. The van der Waals surface area contributed by atoms with Crippen molar-refractivity contribution >= 4 is 27.8 Å². The molecule has 1 saturated heterocycles. The van der Waals surface area contributed by atoms with E-state index < -0.39 is 0 Å². The number of rotatable bonds is 4. The smallest absolute Gasteiger partial charge is 0.333 e. The van der Waals surface area contributed by atoms with E-state index in [4.69, 9.17) is 0 Å². The molecule has 2 aromatic carbocycles. The maximum atomic E-state index is 13.5. The second kappa shape index (κ2) is 9.01. The molecule has 37 heavy (non-hydrogen) atoms. The van der Waals surface area contributed by atoms with Crippen LogP contribution in [0.25, 0.3) is 38.8 Å². The maximum absolute atomic E-state index is 13.5. The van der Waals surface area contributed by atoms with Crippen LogP contribution in [0.1, 0.15) is 5.69 Å². The topological polar surface area (TPSA) is 81.2 Å². The molecular formula is C28H29N7O2. The lowest BCUT2D eigenvalue weighted by atomic mass is 10.0.